The molecule has 0 aliphatic heterocycles. The van der Waals surface area contributed by atoms with Gasteiger partial charge in [-0.2, -0.15) is 0 Å². The van der Waals surface area contributed by atoms with E-state index in [2.05, 4.69) is 0 Å². The molecule has 0 heterocycles. The quantitative estimate of drug-likeness (QED) is 0.614. The molecule has 6 heteroatoms. The summed E-state index contributed by atoms with van der Waals surface area (Å²) < 4.78 is 22.9. The highest BCUT2D eigenvalue weighted by Crippen LogP contribution is 2.24. The van der Waals surface area contributed by atoms with E-state index in [1.165, 1.54) is 4.31 Å². The molecular formula is C21H20N2O3S. The fourth-order valence-corrected chi connectivity index (χ4v) is 3.41. The monoisotopic (exact) mass is 380 g/mol. The molecule has 0 radical (unpaired) electrons. The SMILES string of the molecule is NC(=O)c1cccc(CCN(c2ccc(-c3ccccc3)cc2)S(=O)O)c1. The van der Waals surface area contributed by atoms with Gasteiger partial charge in [0.25, 0.3) is 11.3 Å². The van der Waals surface area contributed by atoms with Crippen molar-refractivity contribution >= 4 is 22.9 Å². The van der Waals surface area contributed by atoms with Crippen LogP contribution in [-0.2, 0) is 17.7 Å². The highest BCUT2D eigenvalue weighted by molar-refractivity contribution is 7.80. The summed E-state index contributed by atoms with van der Waals surface area (Å²) in [6, 6.07) is 24.4. The van der Waals surface area contributed by atoms with E-state index >= 15 is 0 Å². The van der Waals surface area contributed by atoms with Crippen molar-refractivity contribution in [1.82, 2.24) is 0 Å². The second kappa shape index (κ2) is 8.62. The summed E-state index contributed by atoms with van der Waals surface area (Å²) in [4.78, 5) is 11.3. The van der Waals surface area contributed by atoms with Crippen LogP contribution in [0.1, 0.15) is 15.9 Å². The number of anilines is 1. The zero-order valence-electron chi connectivity index (χ0n) is 14.6. The molecule has 0 spiro atoms. The predicted octanol–water partition coefficient (Wildman–Crippen LogP) is 3.64. The van der Waals surface area contributed by atoms with Crippen molar-refractivity contribution in [1.29, 1.82) is 0 Å². The number of nitrogens with zero attached hydrogens (tertiary/aromatic N) is 1. The van der Waals surface area contributed by atoms with E-state index in [1.54, 1.807) is 18.2 Å². The van der Waals surface area contributed by atoms with Crippen LogP contribution >= 0.6 is 0 Å². The molecule has 27 heavy (non-hydrogen) atoms. The molecule has 5 nitrogen and oxygen atoms in total. The van der Waals surface area contributed by atoms with Crippen LogP contribution in [0.25, 0.3) is 11.1 Å². The number of hydrogen-bond acceptors (Lipinski definition) is 2. The lowest BCUT2D eigenvalue weighted by atomic mass is 10.1. The third-order valence-electron chi connectivity index (χ3n) is 4.27. The Hall–Kier alpha value is -2.96. The van der Waals surface area contributed by atoms with Crippen LogP contribution < -0.4 is 10.0 Å². The normalized spacial score (nSPS) is 11.7. The smallest absolute Gasteiger partial charge is 0.261 e. The maximum atomic E-state index is 11.8. The summed E-state index contributed by atoms with van der Waals surface area (Å²) in [7, 11) is 0. The van der Waals surface area contributed by atoms with Gasteiger partial charge in [0.15, 0.2) is 0 Å². The zero-order valence-corrected chi connectivity index (χ0v) is 15.4. The van der Waals surface area contributed by atoms with Gasteiger partial charge in [0.05, 0.1) is 5.69 Å². The second-order valence-electron chi connectivity index (χ2n) is 6.06. The maximum Gasteiger partial charge on any atom is 0.261 e. The molecule has 138 valence electrons. The first kappa shape index (κ1) is 18.8. The van der Waals surface area contributed by atoms with E-state index in [1.807, 2.05) is 60.7 Å². The Bertz CT molecular complexity index is 943. The Morgan fingerprint density at radius 2 is 1.59 bits per heavy atom. The van der Waals surface area contributed by atoms with Gasteiger partial charge < -0.3 is 5.73 Å². The minimum atomic E-state index is -2.15. The Morgan fingerprint density at radius 1 is 0.926 bits per heavy atom. The Balaban J connectivity index is 1.75. The van der Waals surface area contributed by atoms with Crippen molar-refractivity contribution in [3.05, 3.63) is 90.0 Å². The van der Waals surface area contributed by atoms with Gasteiger partial charge >= 0.3 is 0 Å². The van der Waals surface area contributed by atoms with Crippen molar-refractivity contribution < 1.29 is 13.6 Å². The molecule has 1 atom stereocenters. The number of rotatable bonds is 7. The van der Waals surface area contributed by atoms with Crippen molar-refractivity contribution in [2.45, 2.75) is 6.42 Å². The zero-order chi connectivity index (χ0) is 19.2. The van der Waals surface area contributed by atoms with E-state index in [0.717, 1.165) is 16.7 Å². The van der Waals surface area contributed by atoms with Gasteiger partial charge in [-0.05, 0) is 47.4 Å². The highest BCUT2D eigenvalue weighted by atomic mass is 32.2. The van der Waals surface area contributed by atoms with Crippen LogP contribution in [0.3, 0.4) is 0 Å². The number of hydrogen-bond donors (Lipinski definition) is 2. The van der Waals surface area contributed by atoms with Crippen LogP contribution in [0.4, 0.5) is 5.69 Å². The van der Waals surface area contributed by atoms with Crippen LogP contribution in [0.2, 0.25) is 0 Å². The number of nitrogens with two attached hydrogens (primary N) is 1. The van der Waals surface area contributed by atoms with Gasteiger partial charge in [-0.1, -0.05) is 54.6 Å². The lowest BCUT2D eigenvalue weighted by molar-refractivity contribution is 0.1000. The maximum absolute atomic E-state index is 11.8. The van der Waals surface area contributed by atoms with Gasteiger partial charge in [0.2, 0.25) is 5.91 Å². The third-order valence-corrected chi connectivity index (χ3v) is 5.04. The Labute approximate surface area is 160 Å². The molecule has 0 saturated carbocycles. The average Bonchev–Trinajstić information content (AvgIpc) is 2.69. The molecule has 0 fully saturated rings. The first-order valence-corrected chi connectivity index (χ1v) is 9.54. The number of carbonyl (C=O) groups excluding carboxylic acids is 1. The molecule has 0 aliphatic rings. The second-order valence-corrected chi connectivity index (χ2v) is 6.96. The van der Waals surface area contributed by atoms with E-state index in [0.29, 0.717) is 24.2 Å². The molecule has 3 N–H and O–H groups in total. The summed E-state index contributed by atoms with van der Waals surface area (Å²) in [5.41, 5.74) is 9.39. The predicted molar refractivity (Wildman–Crippen MR) is 109 cm³/mol. The summed E-state index contributed by atoms with van der Waals surface area (Å²) in [6.07, 6.45) is 0.508. The fraction of sp³-hybridized carbons (Fsp3) is 0.0952. The first-order valence-electron chi connectivity index (χ1n) is 8.47. The largest absolute Gasteiger partial charge is 0.366 e. The molecule has 3 aromatic rings. The topological polar surface area (TPSA) is 83.6 Å². The molecule has 3 aromatic carbocycles. The van der Waals surface area contributed by atoms with Gasteiger partial charge in [0, 0.05) is 12.1 Å². The summed E-state index contributed by atoms with van der Waals surface area (Å²) >= 11 is -2.15. The van der Waals surface area contributed by atoms with Gasteiger partial charge in [0.1, 0.15) is 0 Å². The minimum absolute atomic E-state index is 0.329. The van der Waals surface area contributed by atoms with Gasteiger partial charge in [-0.3, -0.25) is 13.7 Å². The molecule has 0 aromatic heterocycles. The van der Waals surface area contributed by atoms with Crippen LogP contribution in [-0.4, -0.2) is 21.2 Å². The molecular weight excluding hydrogens is 360 g/mol. The molecule has 3 rings (SSSR count). The molecule has 0 saturated heterocycles. The van der Waals surface area contributed by atoms with Gasteiger partial charge in [-0.25, -0.2) is 4.21 Å². The number of benzene rings is 3. The van der Waals surface area contributed by atoms with Crippen LogP contribution in [0.5, 0.6) is 0 Å². The van der Waals surface area contributed by atoms with Crippen LogP contribution in [0, 0.1) is 0 Å². The molecule has 0 bridgehead atoms. The third kappa shape index (κ3) is 4.81. The Kier molecular flexibility index (Phi) is 6.01. The highest BCUT2D eigenvalue weighted by Gasteiger charge is 2.13. The van der Waals surface area contributed by atoms with E-state index in [-0.39, 0.29) is 0 Å². The Morgan fingerprint density at radius 3 is 2.22 bits per heavy atom. The number of amides is 1. The number of primary amides is 1. The van der Waals surface area contributed by atoms with Crippen LogP contribution in [0.15, 0.2) is 78.9 Å². The van der Waals surface area contributed by atoms with Crippen molar-refractivity contribution in [2.75, 3.05) is 10.8 Å². The summed E-state index contributed by atoms with van der Waals surface area (Å²) in [5, 5.41) is 0. The fourth-order valence-electron chi connectivity index (χ4n) is 2.86. The molecule has 1 unspecified atom stereocenters. The average molecular weight is 380 g/mol. The first-order chi connectivity index (χ1) is 13.0. The summed E-state index contributed by atoms with van der Waals surface area (Å²) in [5.74, 6) is -0.490. The van der Waals surface area contributed by atoms with E-state index < -0.39 is 17.2 Å². The minimum Gasteiger partial charge on any atom is -0.366 e. The molecule has 1 amide bonds. The van der Waals surface area contributed by atoms with E-state index in [4.69, 9.17) is 5.73 Å². The summed E-state index contributed by atoms with van der Waals surface area (Å²) in [6.45, 7) is 0.329. The van der Waals surface area contributed by atoms with Crippen molar-refractivity contribution in [3.8, 4) is 11.1 Å². The number of carbonyl (C=O) groups is 1. The molecule has 0 aliphatic carbocycles. The van der Waals surface area contributed by atoms with E-state index in [9.17, 15) is 13.6 Å². The van der Waals surface area contributed by atoms with Crippen molar-refractivity contribution in [3.63, 3.8) is 0 Å². The standard InChI is InChI=1S/C21H20N2O3S/c22-21(24)19-8-4-5-16(15-19)13-14-23(27(25)26)20-11-9-18(10-12-20)17-6-2-1-3-7-17/h1-12,15H,13-14H2,(H2,22,24)(H,25,26). The van der Waals surface area contributed by atoms with Crippen molar-refractivity contribution in [2.24, 2.45) is 5.73 Å². The lowest BCUT2D eigenvalue weighted by Crippen LogP contribution is -2.27. The van der Waals surface area contributed by atoms with Gasteiger partial charge in [-0.15, -0.1) is 0 Å². The lowest BCUT2D eigenvalue weighted by Gasteiger charge is -2.20.